The molecule has 0 fully saturated rings. The van der Waals surface area contributed by atoms with E-state index < -0.39 is 0 Å². The molecule has 0 aliphatic carbocycles. The number of hydrogen-bond donors (Lipinski definition) is 0. The average molecular weight is 252 g/mol. The zero-order valence-electron chi connectivity index (χ0n) is 11.7. The zero-order chi connectivity index (χ0) is 13.4. The molecule has 0 aromatic carbocycles. The summed E-state index contributed by atoms with van der Waals surface area (Å²) >= 11 is 0. The van der Waals surface area contributed by atoms with Gasteiger partial charge in [-0.15, -0.1) is 0 Å². The van der Waals surface area contributed by atoms with Crippen LogP contribution >= 0.6 is 0 Å². The van der Waals surface area contributed by atoms with Crippen molar-refractivity contribution in [1.82, 2.24) is 9.78 Å². The highest BCUT2D eigenvalue weighted by Gasteiger charge is 2.10. The quantitative estimate of drug-likeness (QED) is 0.635. The summed E-state index contributed by atoms with van der Waals surface area (Å²) in [4.78, 5) is 11.6. The number of rotatable bonds is 9. The number of nitrogens with zero attached hydrogens (tertiary/aromatic N) is 2. The van der Waals surface area contributed by atoms with E-state index in [0.717, 1.165) is 25.0 Å². The number of ketones is 1. The van der Waals surface area contributed by atoms with Gasteiger partial charge < -0.3 is 4.74 Å². The molecule has 0 aliphatic rings. The van der Waals surface area contributed by atoms with Crippen molar-refractivity contribution in [3.8, 4) is 0 Å². The standard InChI is InChI=1S/C14H24N2O2/c1-4-9-18-11-14(17)10-12-7-8-16(15-12)13(5-2)6-3/h7-8,13H,4-6,9-11H2,1-3H3. The fraction of sp³-hybridized carbons (Fsp3) is 0.714. The summed E-state index contributed by atoms with van der Waals surface area (Å²) in [5.41, 5.74) is 0.840. The largest absolute Gasteiger partial charge is 0.374 e. The van der Waals surface area contributed by atoms with Gasteiger partial charge in [0, 0.05) is 12.8 Å². The van der Waals surface area contributed by atoms with Gasteiger partial charge >= 0.3 is 0 Å². The predicted molar refractivity (Wildman–Crippen MR) is 71.7 cm³/mol. The van der Waals surface area contributed by atoms with E-state index in [2.05, 4.69) is 18.9 Å². The Hall–Kier alpha value is -1.16. The smallest absolute Gasteiger partial charge is 0.164 e. The van der Waals surface area contributed by atoms with E-state index >= 15 is 0 Å². The van der Waals surface area contributed by atoms with Crippen LogP contribution in [0.2, 0.25) is 0 Å². The molecule has 0 radical (unpaired) electrons. The van der Waals surface area contributed by atoms with E-state index in [9.17, 15) is 4.79 Å². The van der Waals surface area contributed by atoms with E-state index in [1.165, 1.54) is 0 Å². The number of carbonyl (C=O) groups is 1. The maximum atomic E-state index is 11.6. The molecule has 0 bridgehead atoms. The van der Waals surface area contributed by atoms with Crippen molar-refractivity contribution in [2.45, 2.75) is 52.5 Å². The Morgan fingerprint density at radius 1 is 1.39 bits per heavy atom. The first-order chi connectivity index (χ1) is 8.71. The van der Waals surface area contributed by atoms with E-state index in [0.29, 0.717) is 19.1 Å². The lowest BCUT2D eigenvalue weighted by atomic mass is 10.2. The molecule has 4 heteroatoms. The third kappa shape index (κ3) is 4.61. The summed E-state index contributed by atoms with van der Waals surface area (Å²) in [5.74, 6) is 0.0956. The molecule has 0 saturated carbocycles. The van der Waals surface area contributed by atoms with Gasteiger partial charge in [0.15, 0.2) is 5.78 Å². The number of carbonyl (C=O) groups excluding carboxylic acids is 1. The minimum atomic E-state index is 0.0956. The van der Waals surface area contributed by atoms with Crippen LogP contribution in [0.15, 0.2) is 12.3 Å². The van der Waals surface area contributed by atoms with Gasteiger partial charge in [-0.3, -0.25) is 9.48 Å². The Kier molecular flexibility index (Phi) is 6.65. The average Bonchev–Trinajstić information content (AvgIpc) is 2.79. The summed E-state index contributed by atoms with van der Waals surface area (Å²) in [7, 11) is 0. The second-order valence-corrected chi connectivity index (χ2v) is 4.53. The minimum Gasteiger partial charge on any atom is -0.374 e. The first-order valence-corrected chi connectivity index (χ1v) is 6.84. The van der Waals surface area contributed by atoms with Crippen LogP contribution in [0.25, 0.3) is 0 Å². The molecular weight excluding hydrogens is 228 g/mol. The van der Waals surface area contributed by atoms with Crippen molar-refractivity contribution < 1.29 is 9.53 Å². The minimum absolute atomic E-state index is 0.0956. The van der Waals surface area contributed by atoms with E-state index in [-0.39, 0.29) is 12.4 Å². The molecular formula is C14H24N2O2. The highest BCUT2D eigenvalue weighted by molar-refractivity contribution is 5.81. The lowest BCUT2D eigenvalue weighted by Crippen LogP contribution is -2.13. The Morgan fingerprint density at radius 2 is 2.11 bits per heavy atom. The van der Waals surface area contributed by atoms with Crippen LogP contribution in [0.3, 0.4) is 0 Å². The second kappa shape index (κ2) is 8.03. The third-order valence-corrected chi connectivity index (χ3v) is 2.97. The molecule has 0 spiro atoms. The number of aromatic nitrogens is 2. The van der Waals surface area contributed by atoms with Crippen molar-refractivity contribution in [3.63, 3.8) is 0 Å². The van der Waals surface area contributed by atoms with Crippen LogP contribution in [0.4, 0.5) is 0 Å². The van der Waals surface area contributed by atoms with Gasteiger partial charge in [0.25, 0.3) is 0 Å². The maximum absolute atomic E-state index is 11.6. The Labute approximate surface area is 109 Å². The molecule has 0 saturated heterocycles. The molecule has 1 aromatic rings. The lowest BCUT2D eigenvalue weighted by molar-refractivity contribution is -0.123. The van der Waals surface area contributed by atoms with Crippen molar-refractivity contribution in [2.75, 3.05) is 13.2 Å². The summed E-state index contributed by atoms with van der Waals surface area (Å²) in [6.07, 6.45) is 5.40. The van der Waals surface area contributed by atoms with E-state index in [1.807, 2.05) is 23.9 Å². The monoisotopic (exact) mass is 252 g/mol. The van der Waals surface area contributed by atoms with Crippen LogP contribution in [-0.4, -0.2) is 28.8 Å². The second-order valence-electron chi connectivity index (χ2n) is 4.53. The van der Waals surface area contributed by atoms with Crippen molar-refractivity contribution in [1.29, 1.82) is 0 Å². The van der Waals surface area contributed by atoms with Crippen LogP contribution in [0, 0.1) is 0 Å². The van der Waals surface area contributed by atoms with Crippen LogP contribution in [0.5, 0.6) is 0 Å². The Bertz CT molecular complexity index is 356. The van der Waals surface area contributed by atoms with Gasteiger partial charge in [-0.2, -0.15) is 5.10 Å². The van der Waals surface area contributed by atoms with E-state index in [4.69, 9.17) is 4.74 Å². The topological polar surface area (TPSA) is 44.1 Å². The Balaban J connectivity index is 2.45. The highest BCUT2D eigenvalue weighted by atomic mass is 16.5. The molecule has 0 amide bonds. The number of Topliss-reactive ketones (excluding diaryl/α,β-unsaturated/α-hetero) is 1. The summed E-state index contributed by atoms with van der Waals surface area (Å²) in [5, 5.41) is 4.46. The first kappa shape index (κ1) is 14.9. The van der Waals surface area contributed by atoms with E-state index in [1.54, 1.807) is 0 Å². The number of ether oxygens (including phenoxy) is 1. The van der Waals surface area contributed by atoms with Crippen LogP contribution < -0.4 is 0 Å². The maximum Gasteiger partial charge on any atom is 0.164 e. The first-order valence-electron chi connectivity index (χ1n) is 6.84. The summed E-state index contributed by atoms with van der Waals surface area (Å²) in [6, 6.07) is 2.36. The lowest BCUT2D eigenvalue weighted by Gasteiger charge is -2.12. The molecule has 0 N–H and O–H groups in total. The predicted octanol–water partition coefficient (Wildman–Crippen LogP) is 2.78. The van der Waals surface area contributed by atoms with Crippen LogP contribution in [-0.2, 0) is 16.0 Å². The van der Waals surface area contributed by atoms with Gasteiger partial charge in [0.2, 0.25) is 0 Å². The van der Waals surface area contributed by atoms with Gasteiger partial charge in [0.05, 0.1) is 18.2 Å². The fourth-order valence-corrected chi connectivity index (χ4v) is 1.92. The van der Waals surface area contributed by atoms with Crippen molar-refractivity contribution in [3.05, 3.63) is 18.0 Å². The zero-order valence-corrected chi connectivity index (χ0v) is 11.7. The molecule has 0 atom stereocenters. The van der Waals surface area contributed by atoms with Gasteiger partial charge in [-0.25, -0.2) is 0 Å². The molecule has 1 heterocycles. The molecule has 1 rings (SSSR count). The fourth-order valence-electron chi connectivity index (χ4n) is 1.92. The van der Waals surface area contributed by atoms with Crippen LogP contribution in [0.1, 0.15) is 51.8 Å². The molecule has 102 valence electrons. The van der Waals surface area contributed by atoms with Gasteiger partial charge in [-0.1, -0.05) is 20.8 Å². The molecule has 0 unspecified atom stereocenters. The summed E-state index contributed by atoms with van der Waals surface area (Å²) < 4.78 is 7.20. The van der Waals surface area contributed by atoms with Crippen molar-refractivity contribution in [2.24, 2.45) is 0 Å². The third-order valence-electron chi connectivity index (χ3n) is 2.97. The summed E-state index contributed by atoms with van der Waals surface area (Å²) in [6.45, 7) is 7.18. The molecule has 4 nitrogen and oxygen atoms in total. The van der Waals surface area contributed by atoms with Gasteiger partial charge in [-0.05, 0) is 25.3 Å². The molecule has 1 aromatic heterocycles. The van der Waals surface area contributed by atoms with Crippen molar-refractivity contribution >= 4 is 5.78 Å². The molecule has 18 heavy (non-hydrogen) atoms. The Morgan fingerprint density at radius 3 is 2.72 bits per heavy atom. The molecule has 0 aliphatic heterocycles. The SMILES string of the molecule is CCCOCC(=O)Cc1ccn(C(CC)CC)n1. The van der Waals surface area contributed by atoms with Gasteiger partial charge in [0.1, 0.15) is 6.61 Å². The number of hydrogen-bond acceptors (Lipinski definition) is 3. The normalized spacial score (nSPS) is 11.1. The highest BCUT2D eigenvalue weighted by Crippen LogP contribution is 2.14.